The van der Waals surface area contributed by atoms with Crippen LogP contribution in [-0.4, -0.2) is 73.4 Å². The SMILES string of the molecule is COC(=O)c1cccc(O[C@@H]2C[C@@H]3CN(c4cccc(C(=O)N(C)C)n4)C[C@@H]3C[C@H]2O)c1. The van der Waals surface area contributed by atoms with Crippen LogP contribution in [0.15, 0.2) is 42.5 Å². The third kappa shape index (κ3) is 4.55. The van der Waals surface area contributed by atoms with Crippen LogP contribution in [0.5, 0.6) is 5.75 Å². The zero-order valence-corrected chi connectivity index (χ0v) is 18.6. The first-order valence-electron chi connectivity index (χ1n) is 10.8. The zero-order valence-electron chi connectivity index (χ0n) is 18.6. The minimum absolute atomic E-state index is 0.124. The Hall–Kier alpha value is -3.13. The first-order valence-corrected chi connectivity index (χ1v) is 10.8. The Morgan fingerprint density at radius 1 is 1.09 bits per heavy atom. The lowest BCUT2D eigenvalue weighted by Gasteiger charge is -2.35. The molecule has 1 aliphatic carbocycles. The van der Waals surface area contributed by atoms with Gasteiger partial charge in [0, 0.05) is 27.2 Å². The molecule has 2 heterocycles. The molecule has 2 fully saturated rings. The van der Waals surface area contributed by atoms with Crippen LogP contribution in [-0.2, 0) is 4.74 Å². The Bertz CT molecular complexity index is 995. The van der Waals surface area contributed by atoms with Crippen LogP contribution in [0.25, 0.3) is 0 Å². The number of methoxy groups -OCH3 is 1. The third-order valence-corrected chi connectivity index (χ3v) is 6.31. The topological polar surface area (TPSA) is 92.2 Å². The number of ether oxygens (including phenoxy) is 2. The number of nitrogens with zero attached hydrogens (tertiary/aromatic N) is 3. The van der Waals surface area contributed by atoms with Gasteiger partial charge in [-0.1, -0.05) is 12.1 Å². The largest absolute Gasteiger partial charge is 0.488 e. The van der Waals surface area contributed by atoms with Gasteiger partial charge in [0.1, 0.15) is 23.4 Å². The fourth-order valence-corrected chi connectivity index (χ4v) is 4.64. The van der Waals surface area contributed by atoms with Crippen molar-refractivity contribution in [3.63, 3.8) is 0 Å². The summed E-state index contributed by atoms with van der Waals surface area (Å²) >= 11 is 0. The number of esters is 1. The molecular weight excluding hydrogens is 410 g/mol. The summed E-state index contributed by atoms with van der Waals surface area (Å²) in [6.45, 7) is 1.59. The number of benzene rings is 1. The maximum absolute atomic E-state index is 12.3. The van der Waals surface area contributed by atoms with Crippen molar-refractivity contribution in [2.24, 2.45) is 11.8 Å². The molecule has 4 rings (SSSR count). The van der Waals surface area contributed by atoms with Gasteiger partial charge in [-0.05, 0) is 55.0 Å². The van der Waals surface area contributed by atoms with Crippen molar-refractivity contribution in [1.82, 2.24) is 9.88 Å². The van der Waals surface area contributed by atoms with E-state index in [-0.39, 0.29) is 12.0 Å². The molecule has 0 unspecified atom stereocenters. The van der Waals surface area contributed by atoms with Crippen LogP contribution in [0.1, 0.15) is 33.7 Å². The summed E-state index contributed by atoms with van der Waals surface area (Å²) in [5, 5.41) is 10.7. The Kier molecular flexibility index (Phi) is 6.32. The van der Waals surface area contributed by atoms with Gasteiger partial charge in [0.2, 0.25) is 0 Å². The Balaban J connectivity index is 1.44. The predicted molar refractivity (Wildman–Crippen MR) is 119 cm³/mol. The van der Waals surface area contributed by atoms with Gasteiger partial charge in [-0.3, -0.25) is 4.79 Å². The van der Waals surface area contributed by atoms with Crippen molar-refractivity contribution in [1.29, 1.82) is 0 Å². The van der Waals surface area contributed by atoms with Gasteiger partial charge in [-0.25, -0.2) is 9.78 Å². The first-order chi connectivity index (χ1) is 15.4. The first kappa shape index (κ1) is 22.1. The molecule has 1 saturated heterocycles. The predicted octanol–water partition coefficient (Wildman–Crippen LogP) is 2.22. The molecule has 170 valence electrons. The molecule has 2 aromatic rings. The molecule has 1 amide bonds. The zero-order chi connectivity index (χ0) is 22.8. The lowest BCUT2D eigenvalue weighted by Crippen LogP contribution is -2.42. The van der Waals surface area contributed by atoms with E-state index in [1.54, 1.807) is 44.4 Å². The van der Waals surface area contributed by atoms with E-state index < -0.39 is 12.1 Å². The maximum Gasteiger partial charge on any atom is 0.337 e. The molecule has 0 spiro atoms. The summed E-state index contributed by atoms with van der Waals surface area (Å²) in [7, 11) is 4.76. The summed E-state index contributed by atoms with van der Waals surface area (Å²) < 4.78 is 10.9. The quantitative estimate of drug-likeness (QED) is 0.714. The highest BCUT2D eigenvalue weighted by Crippen LogP contribution is 2.39. The number of aliphatic hydroxyl groups is 1. The molecule has 8 nitrogen and oxygen atoms in total. The van der Waals surface area contributed by atoms with E-state index in [4.69, 9.17) is 9.47 Å². The smallest absolute Gasteiger partial charge is 0.337 e. The number of hydrogen-bond donors (Lipinski definition) is 1. The maximum atomic E-state index is 12.3. The lowest BCUT2D eigenvalue weighted by atomic mass is 9.78. The van der Waals surface area contributed by atoms with Gasteiger partial charge in [0.15, 0.2) is 0 Å². The van der Waals surface area contributed by atoms with Crippen LogP contribution in [0.4, 0.5) is 5.82 Å². The van der Waals surface area contributed by atoms with Crippen molar-refractivity contribution in [2.45, 2.75) is 25.0 Å². The molecule has 1 N–H and O–H groups in total. The van der Waals surface area contributed by atoms with Crippen molar-refractivity contribution < 1.29 is 24.2 Å². The van der Waals surface area contributed by atoms with Crippen LogP contribution in [0.2, 0.25) is 0 Å². The second-order valence-corrected chi connectivity index (χ2v) is 8.72. The molecule has 32 heavy (non-hydrogen) atoms. The van der Waals surface area contributed by atoms with Crippen molar-refractivity contribution in [3.8, 4) is 5.75 Å². The number of rotatable bonds is 5. The fraction of sp³-hybridized carbons (Fsp3) is 0.458. The summed E-state index contributed by atoms with van der Waals surface area (Å²) in [4.78, 5) is 32.3. The molecule has 1 aliphatic heterocycles. The molecule has 1 aromatic heterocycles. The van der Waals surface area contributed by atoms with E-state index >= 15 is 0 Å². The average Bonchev–Trinajstić information content (AvgIpc) is 3.21. The Morgan fingerprint density at radius 2 is 1.81 bits per heavy atom. The monoisotopic (exact) mass is 439 g/mol. The Morgan fingerprint density at radius 3 is 2.53 bits per heavy atom. The normalized spacial score (nSPS) is 24.6. The van der Waals surface area contributed by atoms with Crippen LogP contribution >= 0.6 is 0 Å². The molecular formula is C24H29N3O5. The van der Waals surface area contributed by atoms with Gasteiger partial charge in [0.25, 0.3) is 5.91 Å². The van der Waals surface area contributed by atoms with Gasteiger partial charge < -0.3 is 24.4 Å². The number of anilines is 1. The van der Waals surface area contributed by atoms with Crippen molar-refractivity contribution in [3.05, 3.63) is 53.7 Å². The summed E-state index contributed by atoms with van der Waals surface area (Å²) in [5.41, 5.74) is 0.840. The highest BCUT2D eigenvalue weighted by molar-refractivity contribution is 5.92. The Labute approximate surface area is 187 Å². The van der Waals surface area contributed by atoms with E-state index in [0.717, 1.165) is 18.9 Å². The summed E-state index contributed by atoms with van der Waals surface area (Å²) in [6.07, 6.45) is 0.409. The number of pyridine rings is 1. The van der Waals surface area contributed by atoms with E-state index in [0.29, 0.717) is 41.7 Å². The van der Waals surface area contributed by atoms with Gasteiger partial charge in [0.05, 0.1) is 18.8 Å². The van der Waals surface area contributed by atoms with Gasteiger partial charge in [-0.2, -0.15) is 0 Å². The lowest BCUT2D eigenvalue weighted by molar-refractivity contribution is -0.0231. The van der Waals surface area contributed by atoms with Crippen LogP contribution in [0, 0.1) is 11.8 Å². The van der Waals surface area contributed by atoms with Gasteiger partial charge >= 0.3 is 5.97 Å². The van der Waals surface area contributed by atoms with E-state index in [1.807, 2.05) is 12.1 Å². The minimum Gasteiger partial charge on any atom is -0.488 e. The minimum atomic E-state index is -0.590. The standard InChI is InChI=1S/C24H29N3O5/c1-26(2)23(29)19-8-5-9-22(25-19)27-13-16-11-20(28)21(12-17(16)14-27)32-18-7-4-6-15(10-18)24(30)31-3/h4-10,16-17,20-21,28H,11-14H2,1-3H3/t16-,17+,20+,21+/m0/s1. The summed E-state index contributed by atoms with van der Waals surface area (Å²) in [5.74, 6) is 1.46. The number of aromatic nitrogens is 1. The van der Waals surface area contributed by atoms with Crippen LogP contribution in [0.3, 0.4) is 0 Å². The molecule has 2 aliphatic rings. The number of carbonyl (C=O) groups excluding carboxylic acids is 2. The average molecular weight is 440 g/mol. The van der Waals surface area contributed by atoms with E-state index in [1.165, 1.54) is 12.0 Å². The summed E-state index contributed by atoms with van der Waals surface area (Å²) in [6, 6.07) is 12.3. The molecule has 1 aromatic carbocycles. The van der Waals surface area contributed by atoms with Crippen molar-refractivity contribution in [2.75, 3.05) is 39.2 Å². The number of amides is 1. The fourth-order valence-electron chi connectivity index (χ4n) is 4.64. The van der Waals surface area contributed by atoms with E-state index in [9.17, 15) is 14.7 Å². The third-order valence-electron chi connectivity index (χ3n) is 6.31. The van der Waals surface area contributed by atoms with Gasteiger partial charge in [-0.15, -0.1) is 0 Å². The number of aliphatic hydroxyl groups excluding tert-OH is 1. The van der Waals surface area contributed by atoms with E-state index in [2.05, 4.69) is 9.88 Å². The second-order valence-electron chi connectivity index (χ2n) is 8.72. The molecule has 8 heteroatoms. The van der Waals surface area contributed by atoms with Crippen LogP contribution < -0.4 is 9.64 Å². The van der Waals surface area contributed by atoms with Crippen molar-refractivity contribution >= 4 is 17.7 Å². The number of hydrogen-bond acceptors (Lipinski definition) is 7. The number of fused-ring (bicyclic) bond motifs is 1. The molecule has 1 saturated carbocycles. The highest BCUT2D eigenvalue weighted by Gasteiger charge is 2.43. The molecule has 0 radical (unpaired) electrons. The molecule has 0 bridgehead atoms. The molecule has 4 atom stereocenters. The second kappa shape index (κ2) is 9.16. The number of carbonyl (C=O) groups is 2. The highest BCUT2D eigenvalue weighted by atomic mass is 16.5.